The number of nitrogens with one attached hydrogen (secondary N) is 1. The molecule has 0 aliphatic heterocycles. The van der Waals surface area contributed by atoms with Gasteiger partial charge in [0.15, 0.2) is 0 Å². The van der Waals surface area contributed by atoms with Gasteiger partial charge in [0.2, 0.25) is 0 Å². The highest BCUT2D eigenvalue weighted by Gasteiger charge is 2.19. The number of hydrogen-bond donors (Lipinski definition) is 2. The van der Waals surface area contributed by atoms with Crippen molar-refractivity contribution in [2.75, 3.05) is 5.32 Å². The number of rotatable bonds is 2. The lowest BCUT2D eigenvalue weighted by Gasteiger charge is -2.27. The molecule has 0 aromatic carbocycles. The molecule has 0 radical (unpaired) electrons. The van der Waals surface area contributed by atoms with Gasteiger partial charge in [0.25, 0.3) is 0 Å². The number of anilines is 1. The predicted molar refractivity (Wildman–Crippen MR) is 65.6 cm³/mol. The lowest BCUT2D eigenvalue weighted by Crippen LogP contribution is -2.28. The molecular weight excluding hydrogens is 200 g/mol. The summed E-state index contributed by atoms with van der Waals surface area (Å²) in [4.78, 5) is 4.44. The zero-order valence-electron chi connectivity index (χ0n) is 10.0. The van der Waals surface area contributed by atoms with Crippen molar-refractivity contribution in [2.24, 2.45) is 0 Å². The van der Waals surface area contributed by atoms with Crippen LogP contribution in [-0.4, -0.2) is 22.2 Å². The first-order valence-corrected chi connectivity index (χ1v) is 6.04. The molecule has 0 amide bonds. The average Bonchev–Trinajstić information content (AvgIpc) is 2.25. The van der Waals surface area contributed by atoms with Crippen LogP contribution in [0.15, 0.2) is 12.1 Å². The van der Waals surface area contributed by atoms with Crippen molar-refractivity contribution in [1.82, 2.24) is 4.98 Å². The Labute approximate surface area is 96.9 Å². The maximum absolute atomic E-state index is 9.44. The van der Waals surface area contributed by atoms with Gasteiger partial charge in [-0.2, -0.15) is 0 Å². The number of hydrogen-bond acceptors (Lipinski definition) is 3. The van der Waals surface area contributed by atoms with Gasteiger partial charge in [-0.05, 0) is 51.7 Å². The van der Waals surface area contributed by atoms with Gasteiger partial charge in [0.05, 0.1) is 17.5 Å². The van der Waals surface area contributed by atoms with E-state index in [1.165, 1.54) is 0 Å². The van der Waals surface area contributed by atoms with Crippen LogP contribution in [0.4, 0.5) is 5.69 Å². The molecule has 2 rings (SSSR count). The van der Waals surface area contributed by atoms with Gasteiger partial charge in [0.1, 0.15) is 0 Å². The van der Waals surface area contributed by atoms with Crippen LogP contribution in [0.1, 0.15) is 37.1 Å². The number of pyridine rings is 1. The summed E-state index contributed by atoms with van der Waals surface area (Å²) in [6.07, 6.45) is 3.84. The summed E-state index contributed by atoms with van der Waals surface area (Å²) in [5, 5.41) is 13.0. The number of aryl methyl sites for hydroxylation is 2. The van der Waals surface area contributed by atoms with Gasteiger partial charge in [-0.15, -0.1) is 0 Å². The van der Waals surface area contributed by atoms with E-state index in [1.54, 1.807) is 0 Å². The van der Waals surface area contributed by atoms with Crippen molar-refractivity contribution in [3.63, 3.8) is 0 Å². The fraction of sp³-hybridized carbons (Fsp3) is 0.615. The minimum absolute atomic E-state index is 0.0877. The highest BCUT2D eigenvalue weighted by atomic mass is 16.3. The highest BCUT2D eigenvalue weighted by Crippen LogP contribution is 2.23. The van der Waals surface area contributed by atoms with Crippen molar-refractivity contribution in [3.05, 3.63) is 23.5 Å². The third-order valence-electron chi connectivity index (χ3n) is 3.28. The molecule has 0 spiro atoms. The molecule has 1 saturated carbocycles. The average molecular weight is 220 g/mol. The normalized spacial score (nSPS) is 25.4. The van der Waals surface area contributed by atoms with E-state index in [4.69, 9.17) is 0 Å². The first-order valence-electron chi connectivity index (χ1n) is 6.04. The quantitative estimate of drug-likeness (QED) is 0.804. The first kappa shape index (κ1) is 11.4. The summed E-state index contributed by atoms with van der Waals surface area (Å²) in [6.45, 7) is 4.04. The van der Waals surface area contributed by atoms with Crippen LogP contribution in [-0.2, 0) is 0 Å². The van der Waals surface area contributed by atoms with Crippen molar-refractivity contribution >= 4 is 5.69 Å². The van der Waals surface area contributed by atoms with Crippen LogP contribution in [0.25, 0.3) is 0 Å². The molecule has 3 heteroatoms. The van der Waals surface area contributed by atoms with Crippen molar-refractivity contribution in [1.29, 1.82) is 0 Å². The summed E-state index contributed by atoms with van der Waals surface area (Å²) in [7, 11) is 0. The smallest absolute Gasteiger partial charge is 0.0606 e. The molecule has 88 valence electrons. The van der Waals surface area contributed by atoms with Gasteiger partial charge in [-0.25, -0.2) is 0 Å². The third kappa shape index (κ3) is 2.73. The van der Waals surface area contributed by atoms with Crippen molar-refractivity contribution in [2.45, 2.75) is 51.7 Å². The SMILES string of the molecule is Cc1ccc(NC2CCC(O)CC2)c(C)n1. The van der Waals surface area contributed by atoms with Crippen molar-refractivity contribution in [3.8, 4) is 0 Å². The minimum atomic E-state index is -0.0877. The second-order valence-corrected chi connectivity index (χ2v) is 4.74. The summed E-state index contributed by atoms with van der Waals surface area (Å²) in [5.74, 6) is 0. The minimum Gasteiger partial charge on any atom is -0.393 e. The molecule has 16 heavy (non-hydrogen) atoms. The van der Waals surface area contributed by atoms with Crippen LogP contribution < -0.4 is 5.32 Å². The molecule has 0 atom stereocenters. The molecule has 1 fully saturated rings. The van der Waals surface area contributed by atoms with E-state index >= 15 is 0 Å². The second-order valence-electron chi connectivity index (χ2n) is 4.74. The standard InChI is InChI=1S/C13H20N2O/c1-9-3-8-13(10(2)14-9)15-11-4-6-12(16)7-5-11/h3,8,11-12,15-16H,4-7H2,1-2H3. The number of aliphatic hydroxyl groups is 1. The molecule has 0 bridgehead atoms. The Morgan fingerprint density at radius 3 is 2.50 bits per heavy atom. The van der Waals surface area contributed by atoms with Crippen LogP contribution >= 0.6 is 0 Å². The second kappa shape index (κ2) is 4.83. The fourth-order valence-corrected chi connectivity index (χ4v) is 2.28. The Morgan fingerprint density at radius 1 is 1.19 bits per heavy atom. The zero-order valence-corrected chi connectivity index (χ0v) is 10.0. The lowest BCUT2D eigenvalue weighted by atomic mass is 9.93. The van der Waals surface area contributed by atoms with Crippen LogP contribution in [0.3, 0.4) is 0 Å². The maximum atomic E-state index is 9.44. The molecular formula is C13H20N2O. The van der Waals surface area contributed by atoms with Gasteiger partial charge in [-0.3, -0.25) is 4.98 Å². The number of aliphatic hydroxyl groups excluding tert-OH is 1. The molecule has 0 saturated heterocycles. The predicted octanol–water partition coefficient (Wildman–Crippen LogP) is 2.41. The van der Waals surface area contributed by atoms with Crippen LogP contribution in [0.5, 0.6) is 0 Å². The monoisotopic (exact) mass is 220 g/mol. The third-order valence-corrected chi connectivity index (χ3v) is 3.28. The Balaban J connectivity index is 1.98. The maximum Gasteiger partial charge on any atom is 0.0606 e. The highest BCUT2D eigenvalue weighted by molar-refractivity contribution is 5.48. The Hall–Kier alpha value is -1.09. The van der Waals surface area contributed by atoms with Crippen LogP contribution in [0.2, 0.25) is 0 Å². The van der Waals surface area contributed by atoms with Crippen LogP contribution in [0, 0.1) is 13.8 Å². The van der Waals surface area contributed by atoms with E-state index in [1.807, 2.05) is 19.9 Å². The summed E-state index contributed by atoms with van der Waals surface area (Å²) in [6, 6.07) is 4.63. The molecule has 3 nitrogen and oxygen atoms in total. The molecule has 1 aliphatic carbocycles. The Kier molecular flexibility index (Phi) is 3.44. The number of nitrogens with zero attached hydrogens (tertiary/aromatic N) is 1. The Morgan fingerprint density at radius 2 is 1.88 bits per heavy atom. The van der Waals surface area contributed by atoms with E-state index in [-0.39, 0.29) is 6.10 Å². The number of aromatic nitrogens is 1. The van der Waals surface area contributed by atoms with Crippen molar-refractivity contribution < 1.29 is 5.11 Å². The van der Waals surface area contributed by atoms with E-state index in [0.717, 1.165) is 42.8 Å². The summed E-state index contributed by atoms with van der Waals surface area (Å²) in [5.41, 5.74) is 3.25. The first-order chi connectivity index (χ1) is 7.65. The molecule has 1 aromatic rings. The molecule has 2 N–H and O–H groups in total. The molecule has 1 heterocycles. The summed E-state index contributed by atoms with van der Waals surface area (Å²) >= 11 is 0. The van der Waals surface area contributed by atoms with Gasteiger partial charge in [-0.1, -0.05) is 0 Å². The fourth-order valence-electron chi connectivity index (χ4n) is 2.28. The van der Waals surface area contributed by atoms with E-state index in [9.17, 15) is 5.11 Å². The Bertz CT molecular complexity index is 357. The largest absolute Gasteiger partial charge is 0.393 e. The van der Waals surface area contributed by atoms with Gasteiger partial charge in [0, 0.05) is 11.7 Å². The lowest BCUT2D eigenvalue weighted by molar-refractivity contribution is 0.126. The van der Waals surface area contributed by atoms with E-state index < -0.39 is 0 Å². The summed E-state index contributed by atoms with van der Waals surface area (Å²) < 4.78 is 0. The zero-order chi connectivity index (χ0) is 11.5. The van der Waals surface area contributed by atoms with Gasteiger partial charge < -0.3 is 10.4 Å². The van der Waals surface area contributed by atoms with E-state index in [2.05, 4.69) is 16.4 Å². The van der Waals surface area contributed by atoms with E-state index in [0.29, 0.717) is 6.04 Å². The molecule has 1 aromatic heterocycles. The van der Waals surface area contributed by atoms with Gasteiger partial charge >= 0.3 is 0 Å². The molecule has 0 unspecified atom stereocenters. The molecule has 1 aliphatic rings. The topological polar surface area (TPSA) is 45.1 Å².